The van der Waals surface area contributed by atoms with Gasteiger partial charge in [-0.15, -0.1) is 11.3 Å². The molecule has 0 saturated carbocycles. The predicted molar refractivity (Wildman–Crippen MR) is 275 cm³/mol. The molecule has 0 radical (unpaired) electrons. The molecule has 8 aromatic carbocycles. The van der Waals surface area contributed by atoms with E-state index in [2.05, 4.69) is 197 Å². The van der Waals surface area contributed by atoms with E-state index in [4.69, 9.17) is 8.83 Å². The van der Waals surface area contributed by atoms with Gasteiger partial charge in [0.05, 0.1) is 17.5 Å². The van der Waals surface area contributed by atoms with Crippen molar-refractivity contribution < 1.29 is 8.83 Å². The van der Waals surface area contributed by atoms with Crippen LogP contribution in [0.4, 0.5) is 11.4 Å². The van der Waals surface area contributed by atoms with Crippen molar-refractivity contribution in [1.29, 1.82) is 0 Å². The third-order valence-corrected chi connectivity index (χ3v) is 15.0. The molecule has 4 nitrogen and oxygen atoms in total. The monoisotopic (exact) mass is 844 g/mol. The molecule has 4 aromatic heterocycles. The molecule has 13 rings (SSSR count). The second kappa shape index (κ2) is 13.3. The van der Waals surface area contributed by atoms with E-state index >= 15 is 0 Å². The Bertz CT molecular complexity index is 3910. The van der Waals surface area contributed by atoms with Crippen molar-refractivity contribution in [3.05, 3.63) is 163 Å². The van der Waals surface area contributed by atoms with Crippen molar-refractivity contribution in [2.24, 2.45) is 0 Å². The quantitative estimate of drug-likeness (QED) is 0.180. The van der Waals surface area contributed by atoms with Crippen LogP contribution in [0.25, 0.3) is 103 Å². The van der Waals surface area contributed by atoms with Crippen molar-refractivity contribution >= 4 is 116 Å². The molecule has 6 heteroatoms. The van der Waals surface area contributed by atoms with Gasteiger partial charge in [0.15, 0.2) is 7.28 Å². The minimum Gasteiger partial charge on any atom is -0.464 e. The van der Waals surface area contributed by atoms with Crippen molar-refractivity contribution in [2.75, 3.05) is 5.32 Å². The molecule has 0 spiro atoms. The lowest BCUT2D eigenvalue weighted by molar-refractivity contribution is 0.590. The molecule has 64 heavy (non-hydrogen) atoms. The highest BCUT2D eigenvalue weighted by Crippen LogP contribution is 2.50. The van der Waals surface area contributed by atoms with Gasteiger partial charge in [-0.2, -0.15) is 0 Å². The molecule has 0 aliphatic carbocycles. The first-order valence-corrected chi connectivity index (χ1v) is 23.2. The van der Waals surface area contributed by atoms with E-state index in [9.17, 15) is 0 Å². The van der Waals surface area contributed by atoms with Crippen LogP contribution in [0, 0.1) is 0 Å². The van der Waals surface area contributed by atoms with Gasteiger partial charge in [0.2, 0.25) is 0 Å². The Morgan fingerprint density at radius 3 is 2.11 bits per heavy atom. The molecule has 0 saturated heterocycles. The van der Waals surface area contributed by atoms with E-state index in [1.165, 1.54) is 75.3 Å². The lowest BCUT2D eigenvalue weighted by Crippen LogP contribution is -2.37. The highest BCUT2D eigenvalue weighted by molar-refractivity contribution is 7.26. The lowest BCUT2D eigenvalue weighted by Gasteiger charge is -2.25. The number of hydrogen-bond donors (Lipinski definition) is 1. The number of para-hydroxylation sites is 1. The summed E-state index contributed by atoms with van der Waals surface area (Å²) in [5.74, 6) is 0. The maximum Gasteiger partial charge on any atom is 0.198 e. The number of rotatable bonds is 4. The Balaban J connectivity index is 1.19. The number of thiophene rings is 1. The Labute approximate surface area is 376 Å². The van der Waals surface area contributed by atoms with Crippen LogP contribution >= 0.6 is 11.3 Å². The van der Waals surface area contributed by atoms with Crippen molar-refractivity contribution in [1.82, 2.24) is 4.57 Å². The maximum absolute atomic E-state index is 6.63. The molecule has 12 aromatic rings. The smallest absolute Gasteiger partial charge is 0.198 e. The van der Waals surface area contributed by atoms with Crippen LogP contribution < -0.4 is 16.2 Å². The van der Waals surface area contributed by atoms with E-state index in [-0.39, 0.29) is 10.8 Å². The molecule has 5 heterocycles. The average molecular weight is 845 g/mol. The van der Waals surface area contributed by atoms with Crippen molar-refractivity contribution in [2.45, 2.75) is 52.4 Å². The summed E-state index contributed by atoms with van der Waals surface area (Å²) in [6.45, 7) is 13.8. The Hall–Kier alpha value is -7.02. The van der Waals surface area contributed by atoms with Gasteiger partial charge in [-0.3, -0.25) is 0 Å². The molecular formula is C58H45BN2O2S. The van der Waals surface area contributed by atoms with E-state index in [0.29, 0.717) is 0 Å². The highest BCUT2D eigenvalue weighted by Gasteiger charge is 2.33. The average Bonchev–Trinajstić information content (AvgIpc) is 4.06. The van der Waals surface area contributed by atoms with Gasteiger partial charge in [-0.25, -0.2) is 0 Å². The molecule has 0 fully saturated rings. The second-order valence-electron chi connectivity index (χ2n) is 19.8. The summed E-state index contributed by atoms with van der Waals surface area (Å²) >= 11 is 1.92. The molecule has 0 unspecified atom stereocenters. The number of fused-ring (bicyclic) bond motifs is 13. The van der Waals surface area contributed by atoms with Crippen LogP contribution in [-0.4, -0.2) is 11.8 Å². The number of anilines is 2. The van der Waals surface area contributed by atoms with E-state index in [0.717, 1.165) is 68.3 Å². The molecule has 1 aliphatic heterocycles. The first-order valence-electron chi connectivity index (χ1n) is 22.4. The normalized spacial score (nSPS) is 13.0. The van der Waals surface area contributed by atoms with Gasteiger partial charge in [0.25, 0.3) is 0 Å². The van der Waals surface area contributed by atoms with E-state index < -0.39 is 0 Å². The molecule has 0 atom stereocenters. The summed E-state index contributed by atoms with van der Waals surface area (Å²) in [5.41, 5.74) is 18.3. The Kier molecular flexibility index (Phi) is 7.78. The fourth-order valence-electron chi connectivity index (χ4n) is 10.5. The number of aromatic nitrogens is 1. The Morgan fingerprint density at radius 2 is 1.31 bits per heavy atom. The fraction of sp³-hybridized carbons (Fsp3) is 0.138. The Morgan fingerprint density at radius 1 is 0.578 bits per heavy atom. The first-order chi connectivity index (χ1) is 31.0. The van der Waals surface area contributed by atoms with Gasteiger partial charge < -0.3 is 18.7 Å². The molecule has 0 amide bonds. The third kappa shape index (κ3) is 5.48. The molecule has 0 bridgehead atoms. The van der Waals surface area contributed by atoms with Crippen LogP contribution in [0.5, 0.6) is 0 Å². The van der Waals surface area contributed by atoms with Gasteiger partial charge >= 0.3 is 0 Å². The number of nitrogens with zero attached hydrogens (tertiary/aromatic N) is 1. The predicted octanol–water partition coefficient (Wildman–Crippen LogP) is 15.2. The van der Waals surface area contributed by atoms with Crippen LogP contribution in [0.1, 0.15) is 52.7 Å². The van der Waals surface area contributed by atoms with Gasteiger partial charge in [0.1, 0.15) is 16.7 Å². The third-order valence-electron chi connectivity index (χ3n) is 13.8. The number of furan rings is 2. The minimum absolute atomic E-state index is 0.0265. The van der Waals surface area contributed by atoms with Crippen molar-refractivity contribution in [3.8, 4) is 27.9 Å². The number of nitrogens with one attached hydrogen (secondary N) is 1. The van der Waals surface area contributed by atoms with Gasteiger partial charge in [-0.1, -0.05) is 132 Å². The van der Waals surface area contributed by atoms with Gasteiger partial charge in [0, 0.05) is 81.2 Å². The maximum atomic E-state index is 6.63. The largest absolute Gasteiger partial charge is 0.464 e. The summed E-state index contributed by atoms with van der Waals surface area (Å²) < 4.78 is 18.2. The van der Waals surface area contributed by atoms with E-state index in [1.54, 1.807) is 0 Å². The van der Waals surface area contributed by atoms with Crippen LogP contribution in [0.3, 0.4) is 0 Å². The van der Waals surface area contributed by atoms with E-state index in [1.807, 2.05) is 17.6 Å². The first kappa shape index (κ1) is 37.5. The standard InChI is InChI=1S/C58H45BN2O2S/c1-57(2,3)33-20-23-35(24-21-33)60-44-30-49-38(36-16-10-12-18-47(36)63-49)27-40(44)53-54-55-51(52-37-17-11-13-19-50(37)64-56(52)53)41-26-34(58(4,5)6)22-25-45(41)61(55)46-28-39-42(32-14-8-7-9-15-32)31-62-48(39)29-43(46)59-54/h7-31,59-60H,1-6H3. The fourth-order valence-corrected chi connectivity index (χ4v) is 11.8. The molecule has 308 valence electrons. The summed E-state index contributed by atoms with van der Waals surface area (Å²) in [6, 6.07) is 53.5. The van der Waals surface area contributed by atoms with Crippen LogP contribution in [0.2, 0.25) is 0 Å². The number of benzene rings is 8. The zero-order valence-corrected chi connectivity index (χ0v) is 37.6. The molecule has 1 N–H and O–H groups in total. The number of hydrogen-bond acceptors (Lipinski definition) is 4. The summed E-state index contributed by atoms with van der Waals surface area (Å²) in [4.78, 5) is 0. The van der Waals surface area contributed by atoms with Crippen LogP contribution in [0.15, 0.2) is 161 Å². The van der Waals surface area contributed by atoms with Crippen molar-refractivity contribution in [3.63, 3.8) is 0 Å². The summed E-state index contributed by atoms with van der Waals surface area (Å²) in [6.07, 6.45) is 1.93. The SMILES string of the molecule is CC(C)(C)c1ccc(Nc2cc3oc4ccccc4c3cc2-c2c3c4c(c5cc(C(C)(C)C)ccc5n4-c4cc5c(-c6ccccc6)coc5cc4B3)c3c2sc2ccccc23)cc1. The van der Waals surface area contributed by atoms with Crippen LogP contribution in [-0.2, 0) is 10.8 Å². The zero-order chi connectivity index (χ0) is 43.2. The zero-order valence-electron chi connectivity index (χ0n) is 36.8. The van der Waals surface area contributed by atoms with Gasteiger partial charge in [-0.05, 0) is 93.1 Å². The topological polar surface area (TPSA) is 43.2 Å². The minimum atomic E-state index is -0.0265. The summed E-state index contributed by atoms with van der Waals surface area (Å²) in [5, 5.41) is 12.5. The summed E-state index contributed by atoms with van der Waals surface area (Å²) in [7, 11) is 0.745. The molecule has 1 aliphatic rings. The second-order valence-corrected chi connectivity index (χ2v) is 20.9. The highest BCUT2D eigenvalue weighted by atomic mass is 32.1. The molecular weight excluding hydrogens is 800 g/mol. The lowest BCUT2D eigenvalue weighted by atomic mass is 9.58.